The van der Waals surface area contributed by atoms with Gasteiger partial charge in [-0.15, -0.1) is 0 Å². The highest BCUT2D eigenvalue weighted by atomic mass is 16.1. The molecule has 0 fully saturated rings. The largest absolute Gasteiger partial charge is 0.378 e. The van der Waals surface area contributed by atoms with E-state index in [9.17, 15) is 4.79 Å². The Morgan fingerprint density at radius 2 is 1.84 bits per heavy atom. The molecule has 0 aliphatic heterocycles. The molecule has 0 unspecified atom stereocenters. The van der Waals surface area contributed by atoms with Gasteiger partial charge in [-0.25, -0.2) is 9.97 Å². The van der Waals surface area contributed by atoms with Gasteiger partial charge in [0.1, 0.15) is 17.3 Å². The second kappa shape index (κ2) is 8.46. The predicted octanol–water partition coefficient (Wildman–Crippen LogP) is 3.37. The fourth-order valence-corrected chi connectivity index (χ4v) is 2.30. The van der Waals surface area contributed by atoms with Crippen molar-refractivity contribution < 1.29 is 4.79 Å². The highest BCUT2D eigenvalue weighted by Gasteiger charge is 2.10. The van der Waals surface area contributed by atoms with Crippen LogP contribution >= 0.6 is 0 Å². The van der Waals surface area contributed by atoms with Gasteiger partial charge in [0.15, 0.2) is 0 Å². The Bertz CT molecular complexity index is 710. The molecule has 2 aromatic rings. The van der Waals surface area contributed by atoms with Gasteiger partial charge in [0.25, 0.3) is 5.91 Å². The molecule has 0 saturated heterocycles. The first kappa shape index (κ1) is 18.7. The minimum absolute atomic E-state index is 0.169. The lowest BCUT2D eigenvalue weighted by Gasteiger charge is -2.13. The van der Waals surface area contributed by atoms with E-state index in [-0.39, 0.29) is 5.91 Å². The first-order chi connectivity index (χ1) is 11.8. The van der Waals surface area contributed by atoms with Crippen molar-refractivity contribution in [2.75, 3.05) is 30.9 Å². The highest BCUT2D eigenvalue weighted by Crippen LogP contribution is 2.19. The SMILES string of the molecule is Cc1nc(Nc2ccc(N(C)C)cc2)cc(C(=O)NCCC(C)C)n1. The Morgan fingerprint density at radius 3 is 2.44 bits per heavy atom. The van der Waals surface area contributed by atoms with Crippen molar-refractivity contribution >= 4 is 23.1 Å². The quantitative estimate of drug-likeness (QED) is 0.808. The fraction of sp³-hybridized carbons (Fsp3) is 0.421. The molecule has 1 aromatic carbocycles. The first-order valence-corrected chi connectivity index (χ1v) is 8.53. The monoisotopic (exact) mass is 341 g/mol. The van der Waals surface area contributed by atoms with Crippen LogP contribution in [0.3, 0.4) is 0 Å². The molecule has 2 N–H and O–H groups in total. The third-order valence-corrected chi connectivity index (χ3v) is 3.73. The summed E-state index contributed by atoms with van der Waals surface area (Å²) in [7, 11) is 4.00. The molecule has 1 aromatic heterocycles. The van der Waals surface area contributed by atoms with Gasteiger partial charge >= 0.3 is 0 Å². The number of amides is 1. The third kappa shape index (κ3) is 5.74. The van der Waals surface area contributed by atoms with Crippen LogP contribution in [0.4, 0.5) is 17.2 Å². The van der Waals surface area contributed by atoms with Gasteiger partial charge in [0.05, 0.1) is 0 Å². The zero-order chi connectivity index (χ0) is 18.4. The number of anilines is 3. The summed E-state index contributed by atoms with van der Waals surface area (Å²) in [4.78, 5) is 22.9. The van der Waals surface area contributed by atoms with Gasteiger partial charge in [0.2, 0.25) is 0 Å². The number of nitrogens with zero attached hydrogens (tertiary/aromatic N) is 3. The van der Waals surface area contributed by atoms with Crippen molar-refractivity contribution in [1.82, 2.24) is 15.3 Å². The molecule has 0 saturated carbocycles. The van der Waals surface area contributed by atoms with Crippen LogP contribution in [0.25, 0.3) is 0 Å². The van der Waals surface area contributed by atoms with Crippen LogP contribution in [0.15, 0.2) is 30.3 Å². The number of carbonyl (C=O) groups excluding carboxylic acids is 1. The molecular formula is C19H27N5O. The molecule has 1 amide bonds. The summed E-state index contributed by atoms with van der Waals surface area (Å²) in [5, 5.41) is 6.14. The minimum atomic E-state index is -0.169. The number of aryl methyl sites for hydroxylation is 1. The molecule has 6 heteroatoms. The molecule has 25 heavy (non-hydrogen) atoms. The van der Waals surface area contributed by atoms with E-state index < -0.39 is 0 Å². The molecule has 0 spiro atoms. The van der Waals surface area contributed by atoms with E-state index in [1.54, 1.807) is 13.0 Å². The Balaban J connectivity index is 2.08. The Labute approximate surface area is 149 Å². The van der Waals surface area contributed by atoms with Crippen molar-refractivity contribution in [3.05, 3.63) is 41.9 Å². The van der Waals surface area contributed by atoms with Crippen LogP contribution in [-0.2, 0) is 0 Å². The second-order valence-corrected chi connectivity index (χ2v) is 6.69. The van der Waals surface area contributed by atoms with Crippen molar-refractivity contribution in [2.45, 2.75) is 27.2 Å². The van der Waals surface area contributed by atoms with Crippen LogP contribution in [0.2, 0.25) is 0 Å². The summed E-state index contributed by atoms with van der Waals surface area (Å²) < 4.78 is 0. The van der Waals surface area contributed by atoms with Gasteiger partial charge in [-0.1, -0.05) is 13.8 Å². The summed E-state index contributed by atoms with van der Waals surface area (Å²) >= 11 is 0. The third-order valence-electron chi connectivity index (χ3n) is 3.73. The molecule has 134 valence electrons. The number of carbonyl (C=O) groups is 1. The van der Waals surface area contributed by atoms with Crippen LogP contribution in [0, 0.1) is 12.8 Å². The summed E-state index contributed by atoms with van der Waals surface area (Å²) in [6.07, 6.45) is 0.944. The number of benzene rings is 1. The molecule has 0 radical (unpaired) electrons. The standard InChI is InChI=1S/C19H27N5O/c1-13(2)10-11-20-19(25)17-12-18(22-14(3)21-17)23-15-6-8-16(9-7-15)24(4)5/h6-9,12-13H,10-11H2,1-5H3,(H,20,25)(H,21,22,23). The predicted molar refractivity (Wildman–Crippen MR) is 103 cm³/mol. The molecular weight excluding hydrogens is 314 g/mol. The molecule has 0 bridgehead atoms. The van der Waals surface area contributed by atoms with E-state index in [1.165, 1.54) is 0 Å². The molecule has 2 rings (SSSR count). The van der Waals surface area contributed by atoms with E-state index in [0.29, 0.717) is 29.8 Å². The summed E-state index contributed by atoms with van der Waals surface area (Å²) in [5.41, 5.74) is 2.41. The summed E-state index contributed by atoms with van der Waals surface area (Å²) in [6.45, 7) is 6.69. The van der Waals surface area contributed by atoms with E-state index in [4.69, 9.17) is 0 Å². The van der Waals surface area contributed by atoms with Gasteiger partial charge in [0, 0.05) is 38.1 Å². The topological polar surface area (TPSA) is 70.2 Å². The minimum Gasteiger partial charge on any atom is -0.378 e. The number of hydrogen-bond acceptors (Lipinski definition) is 5. The number of aromatic nitrogens is 2. The maximum absolute atomic E-state index is 12.3. The average molecular weight is 341 g/mol. The van der Waals surface area contributed by atoms with E-state index in [0.717, 1.165) is 17.8 Å². The number of nitrogens with one attached hydrogen (secondary N) is 2. The lowest BCUT2D eigenvalue weighted by atomic mass is 10.1. The van der Waals surface area contributed by atoms with Gasteiger partial charge in [-0.2, -0.15) is 0 Å². The van der Waals surface area contributed by atoms with Crippen molar-refractivity contribution in [3.63, 3.8) is 0 Å². The van der Waals surface area contributed by atoms with E-state index >= 15 is 0 Å². The molecule has 0 atom stereocenters. The smallest absolute Gasteiger partial charge is 0.270 e. The number of hydrogen-bond donors (Lipinski definition) is 2. The lowest BCUT2D eigenvalue weighted by molar-refractivity contribution is 0.0946. The van der Waals surface area contributed by atoms with Crippen molar-refractivity contribution in [2.24, 2.45) is 5.92 Å². The fourth-order valence-electron chi connectivity index (χ4n) is 2.30. The van der Waals surface area contributed by atoms with Crippen LogP contribution in [-0.4, -0.2) is 36.5 Å². The number of rotatable bonds is 7. The van der Waals surface area contributed by atoms with Gasteiger partial charge in [-0.05, 0) is 43.5 Å². The van der Waals surface area contributed by atoms with E-state index in [2.05, 4.69) is 34.4 Å². The Kier molecular flexibility index (Phi) is 6.33. The van der Waals surface area contributed by atoms with Gasteiger partial charge in [-0.3, -0.25) is 4.79 Å². The maximum atomic E-state index is 12.3. The average Bonchev–Trinajstić information content (AvgIpc) is 2.54. The van der Waals surface area contributed by atoms with Crippen LogP contribution in [0.5, 0.6) is 0 Å². The van der Waals surface area contributed by atoms with Crippen LogP contribution in [0.1, 0.15) is 36.6 Å². The zero-order valence-corrected chi connectivity index (χ0v) is 15.6. The van der Waals surface area contributed by atoms with Crippen molar-refractivity contribution in [1.29, 1.82) is 0 Å². The molecule has 6 nitrogen and oxygen atoms in total. The molecule has 0 aliphatic rings. The summed E-state index contributed by atoms with van der Waals surface area (Å²) in [6, 6.07) is 9.69. The Morgan fingerprint density at radius 1 is 1.16 bits per heavy atom. The first-order valence-electron chi connectivity index (χ1n) is 8.53. The Hall–Kier alpha value is -2.63. The van der Waals surface area contributed by atoms with E-state index in [1.807, 2.05) is 43.3 Å². The highest BCUT2D eigenvalue weighted by molar-refractivity contribution is 5.93. The van der Waals surface area contributed by atoms with Crippen molar-refractivity contribution in [3.8, 4) is 0 Å². The molecule has 1 heterocycles. The summed E-state index contributed by atoms with van der Waals surface area (Å²) in [5.74, 6) is 1.55. The zero-order valence-electron chi connectivity index (χ0n) is 15.6. The second-order valence-electron chi connectivity index (χ2n) is 6.69. The normalized spacial score (nSPS) is 10.6. The van der Waals surface area contributed by atoms with Crippen LogP contribution < -0.4 is 15.5 Å². The maximum Gasteiger partial charge on any atom is 0.270 e. The van der Waals surface area contributed by atoms with Gasteiger partial charge < -0.3 is 15.5 Å². The molecule has 0 aliphatic carbocycles. The lowest BCUT2D eigenvalue weighted by Crippen LogP contribution is -2.26.